The van der Waals surface area contributed by atoms with Crippen LogP contribution in [0.5, 0.6) is 17.2 Å². The third-order valence-electron chi connectivity index (χ3n) is 4.99. The van der Waals surface area contributed by atoms with Crippen molar-refractivity contribution in [2.45, 2.75) is 0 Å². The molecule has 0 saturated carbocycles. The lowest BCUT2D eigenvalue weighted by molar-refractivity contribution is -0.126. The lowest BCUT2D eigenvalue weighted by atomic mass is 10.1. The van der Waals surface area contributed by atoms with Crippen LogP contribution >= 0.6 is 0 Å². The molecule has 1 saturated heterocycles. The molecule has 2 aliphatic heterocycles. The third-order valence-corrected chi connectivity index (χ3v) is 4.99. The molecule has 4 rings (SSSR count). The summed E-state index contributed by atoms with van der Waals surface area (Å²) in [5, 5.41) is 0. The van der Waals surface area contributed by atoms with Crippen LogP contribution in [-0.2, 0) is 4.79 Å². The number of carbonyl (C=O) groups is 1. The van der Waals surface area contributed by atoms with E-state index >= 15 is 0 Å². The number of fused-ring (bicyclic) bond motifs is 1. The predicted octanol–water partition coefficient (Wildman–Crippen LogP) is 2.83. The molecule has 0 atom stereocenters. The van der Waals surface area contributed by atoms with Crippen LogP contribution in [0.3, 0.4) is 0 Å². The number of hydrogen-bond donors (Lipinski definition) is 0. The molecule has 2 aliphatic rings. The number of anilines is 1. The Labute approximate surface area is 164 Å². The van der Waals surface area contributed by atoms with Gasteiger partial charge in [-0.1, -0.05) is 12.1 Å². The molecular formula is C22H24N2O4. The Morgan fingerprint density at radius 2 is 1.79 bits per heavy atom. The first kappa shape index (κ1) is 18.2. The number of carbonyl (C=O) groups excluding carboxylic acids is 1. The number of rotatable bonds is 4. The molecule has 2 aromatic carbocycles. The molecule has 2 aromatic rings. The third kappa shape index (κ3) is 4.06. The highest BCUT2D eigenvalue weighted by molar-refractivity contribution is 5.92. The van der Waals surface area contributed by atoms with Gasteiger partial charge in [-0.25, -0.2) is 0 Å². The number of hydrogen-bond acceptors (Lipinski definition) is 5. The van der Waals surface area contributed by atoms with E-state index in [2.05, 4.69) is 11.0 Å². The number of methoxy groups -OCH3 is 1. The number of amides is 1. The van der Waals surface area contributed by atoms with E-state index in [1.54, 1.807) is 13.2 Å². The Morgan fingerprint density at radius 3 is 2.57 bits per heavy atom. The van der Waals surface area contributed by atoms with Crippen LogP contribution < -0.4 is 19.1 Å². The van der Waals surface area contributed by atoms with E-state index in [-0.39, 0.29) is 5.91 Å². The molecule has 0 spiro atoms. The van der Waals surface area contributed by atoms with Crippen molar-refractivity contribution in [3.05, 3.63) is 54.1 Å². The second-order valence-corrected chi connectivity index (χ2v) is 6.75. The van der Waals surface area contributed by atoms with Gasteiger partial charge in [0, 0.05) is 44.0 Å². The van der Waals surface area contributed by atoms with E-state index in [0.717, 1.165) is 41.6 Å². The molecule has 0 aliphatic carbocycles. The lowest BCUT2D eigenvalue weighted by Gasteiger charge is -2.35. The fourth-order valence-electron chi connectivity index (χ4n) is 3.43. The van der Waals surface area contributed by atoms with Gasteiger partial charge in [0.1, 0.15) is 19.0 Å². The summed E-state index contributed by atoms with van der Waals surface area (Å²) in [6.07, 6.45) is 3.46. The zero-order valence-corrected chi connectivity index (χ0v) is 16.0. The van der Waals surface area contributed by atoms with Crippen LogP contribution in [-0.4, -0.2) is 57.3 Å². The smallest absolute Gasteiger partial charge is 0.246 e. The quantitative estimate of drug-likeness (QED) is 0.764. The molecule has 0 aromatic heterocycles. The minimum absolute atomic E-state index is 0.0279. The minimum atomic E-state index is 0.0279. The number of nitrogens with zero attached hydrogens (tertiary/aromatic N) is 2. The van der Waals surface area contributed by atoms with Crippen molar-refractivity contribution in [2.24, 2.45) is 0 Å². The van der Waals surface area contributed by atoms with Crippen LogP contribution in [0.1, 0.15) is 5.56 Å². The standard InChI is InChI=1S/C22H24N2O4/c1-26-19-4-2-3-18(16-19)23-9-11-24(12-10-23)22(25)8-6-17-5-7-20-21(15-17)28-14-13-27-20/h2-8,15-16H,9-14H2,1H3. The minimum Gasteiger partial charge on any atom is -0.497 e. The lowest BCUT2D eigenvalue weighted by Crippen LogP contribution is -2.48. The first-order valence-corrected chi connectivity index (χ1v) is 9.48. The maximum atomic E-state index is 12.5. The zero-order valence-electron chi connectivity index (χ0n) is 16.0. The SMILES string of the molecule is COc1cccc(N2CCN(C(=O)C=Cc3ccc4c(c3)OCCO4)CC2)c1. The molecule has 0 N–H and O–H groups in total. The van der Waals surface area contributed by atoms with E-state index in [1.807, 2.05) is 47.4 Å². The van der Waals surface area contributed by atoms with Gasteiger partial charge < -0.3 is 24.0 Å². The van der Waals surface area contributed by atoms with Crippen LogP contribution in [0, 0.1) is 0 Å². The fraction of sp³-hybridized carbons (Fsp3) is 0.318. The van der Waals surface area contributed by atoms with Crippen molar-refractivity contribution < 1.29 is 19.0 Å². The van der Waals surface area contributed by atoms with Crippen molar-refractivity contribution in [2.75, 3.05) is 51.4 Å². The summed E-state index contributed by atoms with van der Waals surface area (Å²) in [5.41, 5.74) is 2.05. The molecule has 0 bridgehead atoms. The number of benzene rings is 2. The second kappa shape index (κ2) is 8.25. The maximum absolute atomic E-state index is 12.5. The Morgan fingerprint density at radius 1 is 1.00 bits per heavy atom. The van der Waals surface area contributed by atoms with Crippen molar-refractivity contribution in [1.82, 2.24) is 4.90 Å². The highest BCUT2D eigenvalue weighted by Gasteiger charge is 2.20. The van der Waals surface area contributed by atoms with Gasteiger partial charge in [-0.2, -0.15) is 0 Å². The average Bonchev–Trinajstić information content (AvgIpc) is 2.77. The van der Waals surface area contributed by atoms with E-state index in [9.17, 15) is 4.79 Å². The van der Waals surface area contributed by atoms with Crippen molar-refractivity contribution >= 4 is 17.7 Å². The van der Waals surface area contributed by atoms with Crippen LogP contribution in [0.4, 0.5) is 5.69 Å². The molecule has 146 valence electrons. The first-order chi connectivity index (χ1) is 13.7. The van der Waals surface area contributed by atoms with Crippen molar-refractivity contribution in [1.29, 1.82) is 0 Å². The van der Waals surface area contributed by atoms with Gasteiger partial charge in [-0.05, 0) is 35.9 Å². The maximum Gasteiger partial charge on any atom is 0.246 e. The summed E-state index contributed by atoms with van der Waals surface area (Å²) in [7, 11) is 1.67. The summed E-state index contributed by atoms with van der Waals surface area (Å²) >= 11 is 0. The first-order valence-electron chi connectivity index (χ1n) is 9.48. The van der Waals surface area contributed by atoms with Gasteiger partial charge in [0.25, 0.3) is 0 Å². The Bertz CT molecular complexity index is 873. The van der Waals surface area contributed by atoms with E-state index in [1.165, 1.54) is 0 Å². The van der Waals surface area contributed by atoms with Crippen molar-refractivity contribution in [3.8, 4) is 17.2 Å². The summed E-state index contributed by atoms with van der Waals surface area (Å²) in [5.74, 6) is 2.36. The number of ether oxygens (including phenoxy) is 3. The molecule has 0 radical (unpaired) electrons. The molecular weight excluding hydrogens is 356 g/mol. The highest BCUT2D eigenvalue weighted by Crippen LogP contribution is 2.31. The molecule has 6 nitrogen and oxygen atoms in total. The van der Waals surface area contributed by atoms with E-state index < -0.39 is 0 Å². The topological polar surface area (TPSA) is 51.2 Å². The molecule has 0 unspecified atom stereocenters. The zero-order chi connectivity index (χ0) is 19.3. The van der Waals surface area contributed by atoms with Gasteiger partial charge in [-0.15, -0.1) is 0 Å². The highest BCUT2D eigenvalue weighted by atomic mass is 16.6. The summed E-state index contributed by atoms with van der Waals surface area (Å²) in [4.78, 5) is 16.7. The van der Waals surface area contributed by atoms with Crippen molar-refractivity contribution in [3.63, 3.8) is 0 Å². The molecule has 28 heavy (non-hydrogen) atoms. The summed E-state index contributed by atoms with van der Waals surface area (Å²) < 4.78 is 16.4. The van der Waals surface area contributed by atoms with Gasteiger partial charge >= 0.3 is 0 Å². The van der Waals surface area contributed by atoms with Gasteiger partial charge in [-0.3, -0.25) is 4.79 Å². The monoisotopic (exact) mass is 380 g/mol. The molecule has 1 amide bonds. The van der Waals surface area contributed by atoms with Gasteiger partial charge in [0.05, 0.1) is 7.11 Å². The normalized spacial score (nSPS) is 16.3. The van der Waals surface area contributed by atoms with Crippen LogP contribution in [0.15, 0.2) is 48.5 Å². The summed E-state index contributed by atoms with van der Waals surface area (Å²) in [6.45, 7) is 4.12. The Kier molecular flexibility index (Phi) is 5.37. The second-order valence-electron chi connectivity index (χ2n) is 6.75. The van der Waals surface area contributed by atoms with E-state index in [4.69, 9.17) is 14.2 Å². The van der Waals surface area contributed by atoms with Crippen LogP contribution in [0.25, 0.3) is 6.08 Å². The fourth-order valence-corrected chi connectivity index (χ4v) is 3.43. The molecule has 2 heterocycles. The molecule has 1 fully saturated rings. The molecule has 6 heteroatoms. The Balaban J connectivity index is 1.34. The Hall–Kier alpha value is -3.15. The van der Waals surface area contributed by atoms with E-state index in [0.29, 0.717) is 26.3 Å². The predicted molar refractivity (Wildman–Crippen MR) is 108 cm³/mol. The number of piperazine rings is 1. The van der Waals surface area contributed by atoms with Crippen LogP contribution in [0.2, 0.25) is 0 Å². The van der Waals surface area contributed by atoms with Gasteiger partial charge in [0.2, 0.25) is 5.91 Å². The summed E-state index contributed by atoms with van der Waals surface area (Å²) in [6, 6.07) is 13.7. The largest absolute Gasteiger partial charge is 0.497 e. The van der Waals surface area contributed by atoms with Gasteiger partial charge in [0.15, 0.2) is 11.5 Å². The average molecular weight is 380 g/mol.